The Kier molecular flexibility index (Phi) is 3.04. The van der Waals surface area contributed by atoms with E-state index < -0.39 is 5.79 Å². The zero-order valence-electron chi connectivity index (χ0n) is 10.7. The summed E-state index contributed by atoms with van der Waals surface area (Å²) in [6.07, 6.45) is 7.50. The van der Waals surface area contributed by atoms with E-state index >= 15 is 0 Å². The van der Waals surface area contributed by atoms with Crippen LogP contribution in [0.5, 0.6) is 0 Å². The standard InChI is InChI=1S/C14H20O4/c15-12-10-4-5-11(7-6-10)13(16)18-14(17-12)8-2-1-3-9-14/h10-11H,1-9H2. The fraction of sp³-hybridized carbons (Fsp3) is 0.857. The van der Waals surface area contributed by atoms with Crippen LogP contribution in [0, 0.1) is 11.8 Å². The lowest BCUT2D eigenvalue weighted by Gasteiger charge is -2.35. The summed E-state index contributed by atoms with van der Waals surface area (Å²) in [6, 6.07) is 0. The first-order chi connectivity index (χ1) is 8.69. The molecule has 0 amide bonds. The molecule has 0 atom stereocenters. The van der Waals surface area contributed by atoms with Gasteiger partial charge in [0.25, 0.3) is 5.79 Å². The van der Waals surface area contributed by atoms with Crippen LogP contribution >= 0.6 is 0 Å². The van der Waals surface area contributed by atoms with Crippen molar-refractivity contribution in [2.75, 3.05) is 0 Å². The molecule has 2 aliphatic heterocycles. The third kappa shape index (κ3) is 2.13. The van der Waals surface area contributed by atoms with Crippen molar-refractivity contribution in [1.82, 2.24) is 0 Å². The molecule has 4 fully saturated rings. The Labute approximate surface area is 107 Å². The highest BCUT2D eigenvalue weighted by molar-refractivity contribution is 5.77. The smallest absolute Gasteiger partial charge is 0.312 e. The molecule has 0 radical (unpaired) electrons. The fourth-order valence-corrected chi connectivity index (χ4v) is 3.41. The van der Waals surface area contributed by atoms with Crippen molar-refractivity contribution in [2.45, 2.75) is 63.6 Å². The average molecular weight is 252 g/mol. The van der Waals surface area contributed by atoms with Gasteiger partial charge < -0.3 is 9.47 Å². The van der Waals surface area contributed by atoms with E-state index in [1.54, 1.807) is 0 Å². The van der Waals surface area contributed by atoms with Crippen molar-refractivity contribution in [3.05, 3.63) is 0 Å². The highest BCUT2D eigenvalue weighted by Gasteiger charge is 2.45. The van der Waals surface area contributed by atoms with Gasteiger partial charge in [-0.2, -0.15) is 0 Å². The Morgan fingerprint density at radius 3 is 1.67 bits per heavy atom. The maximum Gasteiger partial charge on any atom is 0.312 e. The van der Waals surface area contributed by atoms with Gasteiger partial charge in [0.1, 0.15) is 0 Å². The molecule has 0 aromatic heterocycles. The maximum atomic E-state index is 12.1. The van der Waals surface area contributed by atoms with Crippen molar-refractivity contribution in [3.63, 3.8) is 0 Å². The number of rotatable bonds is 0. The lowest BCUT2D eigenvalue weighted by molar-refractivity contribution is -0.240. The summed E-state index contributed by atoms with van der Waals surface area (Å²) in [5.74, 6) is -1.27. The summed E-state index contributed by atoms with van der Waals surface area (Å²) in [4.78, 5) is 24.3. The molecule has 2 heterocycles. The van der Waals surface area contributed by atoms with E-state index in [9.17, 15) is 9.59 Å². The Morgan fingerprint density at radius 1 is 0.778 bits per heavy atom. The molecule has 0 aromatic rings. The predicted molar refractivity (Wildman–Crippen MR) is 63.4 cm³/mol. The lowest BCUT2D eigenvalue weighted by Crippen LogP contribution is -2.42. The lowest BCUT2D eigenvalue weighted by atomic mass is 9.82. The van der Waals surface area contributed by atoms with E-state index in [0.717, 1.165) is 44.9 Å². The van der Waals surface area contributed by atoms with Crippen molar-refractivity contribution < 1.29 is 19.1 Å². The van der Waals surface area contributed by atoms with Crippen molar-refractivity contribution in [2.24, 2.45) is 11.8 Å². The molecule has 4 heteroatoms. The van der Waals surface area contributed by atoms with Gasteiger partial charge >= 0.3 is 11.9 Å². The summed E-state index contributed by atoms with van der Waals surface area (Å²) >= 11 is 0. The van der Waals surface area contributed by atoms with E-state index in [4.69, 9.17) is 9.47 Å². The Bertz CT molecular complexity index is 321. The van der Waals surface area contributed by atoms with E-state index in [1.807, 2.05) is 0 Å². The van der Waals surface area contributed by atoms with Crippen LogP contribution in [0.2, 0.25) is 0 Å². The van der Waals surface area contributed by atoms with Crippen LogP contribution in [-0.4, -0.2) is 17.7 Å². The molecule has 2 bridgehead atoms. The molecule has 0 unspecified atom stereocenters. The molecular formula is C14H20O4. The zero-order chi connectivity index (χ0) is 12.6. The number of esters is 2. The van der Waals surface area contributed by atoms with Gasteiger partial charge in [-0.15, -0.1) is 0 Å². The molecule has 4 nitrogen and oxygen atoms in total. The van der Waals surface area contributed by atoms with E-state index in [0.29, 0.717) is 12.8 Å². The van der Waals surface area contributed by atoms with Crippen LogP contribution < -0.4 is 0 Å². The van der Waals surface area contributed by atoms with Crippen molar-refractivity contribution in [1.29, 1.82) is 0 Å². The summed E-state index contributed by atoms with van der Waals surface area (Å²) in [5, 5.41) is 0. The first-order valence-electron chi connectivity index (χ1n) is 7.14. The Hall–Kier alpha value is -1.06. The second-order valence-electron chi connectivity index (χ2n) is 5.86. The second kappa shape index (κ2) is 4.56. The number of ether oxygens (including phenoxy) is 2. The summed E-state index contributed by atoms with van der Waals surface area (Å²) in [7, 11) is 0. The van der Waals surface area contributed by atoms with Gasteiger partial charge in [-0.05, 0) is 38.5 Å². The van der Waals surface area contributed by atoms with Gasteiger partial charge in [-0.25, -0.2) is 0 Å². The van der Waals surface area contributed by atoms with Gasteiger partial charge in [-0.1, -0.05) is 6.42 Å². The molecule has 1 spiro atoms. The molecular weight excluding hydrogens is 232 g/mol. The van der Waals surface area contributed by atoms with E-state index in [1.165, 1.54) is 0 Å². The first-order valence-corrected chi connectivity index (χ1v) is 7.14. The molecule has 2 saturated carbocycles. The molecule has 4 rings (SSSR count). The number of hydrogen-bond acceptors (Lipinski definition) is 4. The van der Waals surface area contributed by atoms with Crippen molar-refractivity contribution in [3.8, 4) is 0 Å². The third-order valence-electron chi connectivity index (χ3n) is 4.58. The van der Waals surface area contributed by atoms with Crippen LogP contribution in [-0.2, 0) is 19.1 Å². The largest absolute Gasteiger partial charge is 0.422 e. The van der Waals surface area contributed by atoms with Crippen molar-refractivity contribution >= 4 is 11.9 Å². The van der Waals surface area contributed by atoms with Crippen LogP contribution in [0.15, 0.2) is 0 Å². The molecule has 4 aliphatic rings. The number of carbonyl (C=O) groups excluding carboxylic acids is 2. The average Bonchev–Trinajstić information content (AvgIpc) is 2.45. The molecule has 2 saturated heterocycles. The SMILES string of the molecule is O=C1OC2(CCCCC2)OC(=O)C2CCC1CC2. The van der Waals surface area contributed by atoms with Gasteiger partial charge in [0, 0.05) is 12.8 Å². The van der Waals surface area contributed by atoms with Gasteiger partial charge in [0.2, 0.25) is 0 Å². The molecule has 2 aliphatic carbocycles. The van der Waals surface area contributed by atoms with Crippen LogP contribution in [0.25, 0.3) is 0 Å². The quantitative estimate of drug-likeness (QED) is 0.622. The summed E-state index contributed by atoms with van der Waals surface area (Å²) in [5.41, 5.74) is 0. The minimum Gasteiger partial charge on any atom is -0.422 e. The first kappa shape index (κ1) is 12.0. The maximum absolute atomic E-state index is 12.1. The normalized spacial score (nSPS) is 35.3. The van der Waals surface area contributed by atoms with Gasteiger partial charge in [0.15, 0.2) is 0 Å². The Balaban J connectivity index is 1.86. The fourth-order valence-electron chi connectivity index (χ4n) is 3.41. The number of fused-ring (bicyclic) bond motifs is 4. The van der Waals surface area contributed by atoms with E-state index in [2.05, 4.69) is 0 Å². The second-order valence-corrected chi connectivity index (χ2v) is 5.86. The van der Waals surface area contributed by atoms with Crippen LogP contribution in [0.1, 0.15) is 57.8 Å². The molecule has 18 heavy (non-hydrogen) atoms. The molecule has 0 aromatic carbocycles. The minimum absolute atomic E-state index is 0.0189. The zero-order valence-corrected chi connectivity index (χ0v) is 10.7. The van der Waals surface area contributed by atoms with Gasteiger partial charge in [0.05, 0.1) is 11.8 Å². The predicted octanol–water partition coefficient (Wildman–Crippen LogP) is 2.55. The Morgan fingerprint density at radius 2 is 1.22 bits per heavy atom. The highest BCUT2D eigenvalue weighted by Crippen LogP contribution is 2.40. The number of carbonyl (C=O) groups is 2. The van der Waals surface area contributed by atoms with Crippen LogP contribution in [0.3, 0.4) is 0 Å². The van der Waals surface area contributed by atoms with Gasteiger partial charge in [-0.3, -0.25) is 9.59 Å². The molecule has 100 valence electrons. The molecule has 0 N–H and O–H groups in total. The summed E-state index contributed by atoms with van der Waals surface area (Å²) < 4.78 is 11.2. The number of hydrogen-bond donors (Lipinski definition) is 0. The minimum atomic E-state index is -0.933. The highest BCUT2D eigenvalue weighted by atomic mass is 16.7. The monoisotopic (exact) mass is 252 g/mol. The third-order valence-corrected chi connectivity index (χ3v) is 4.58. The van der Waals surface area contributed by atoms with E-state index in [-0.39, 0.29) is 23.8 Å². The topological polar surface area (TPSA) is 52.6 Å². The summed E-state index contributed by atoms with van der Waals surface area (Å²) in [6.45, 7) is 0. The van der Waals surface area contributed by atoms with Crippen LogP contribution in [0.4, 0.5) is 0 Å².